The third kappa shape index (κ3) is 3.74. The Morgan fingerprint density at radius 1 is 1.50 bits per heavy atom. The highest BCUT2D eigenvalue weighted by Crippen LogP contribution is 2.21. The van der Waals surface area contributed by atoms with Crippen molar-refractivity contribution < 1.29 is 9.53 Å². The van der Waals surface area contributed by atoms with Crippen molar-refractivity contribution in [2.45, 2.75) is 19.8 Å². The Balaban J connectivity index is 2.73. The van der Waals surface area contributed by atoms with Crippen LogP contribution in [0.3, 0.4) is 0 Å². The van der Waals surface area contributed by atoms with E-state index in [9.17, 15) is 4.79 Å². The summed E-state index contributed by atoms with van der Waals surface area (Å²) < 4.78 is 5.15. The second kappa shape index (κ2) is 7.01. The zero-order valence-electron chi connectivity index (χ0n) is 11.3. The number of hydrogen-bond acceptors (Lipinski definition) is 3. The second-order valence-electron chi connectivity index (χ2n) is 4.37. The van der Waals surface area contributed by atoms with Gasteiger partial charge < -0.3 is 15.4 Å². The normalized spacial score (nSPS) is 12.0. The molecule has 2 N–H and O–H groups in total. The van der Waals surface area contributed by atoms with Gasteiger partial charge in [0, 0.05) is 25.2 Å². The van der Waals surface area contributed by atoms with E-state index in [4.69, 9.17) is 10.5 Å². The molecule has 1 unspecified atom stereocenters. The van der Waals surface area contributed by atoms with Gasteiger partial charge in [-0.25, -0.2) is 0 Å². The van der Waals surface area contributed by atoms with Crippen LogP contribution in [0.4, 0.5) is 5.69 Å². The van der Waals surface area contributed by atoms with Crippen LogP contribution in [0.5, 0.6) is 5.75 Å². The highest BCUT2D eigenvalue weighted by atomic mass is 16.5. The van der Waals surface area contributed by atoms with Crippen molar-refractivity contribution >= 4 is 11.6 Å². The van der Waals surface area contributed by atoms with Gasteiger partial charge in [-0.1, -0.05) is 19.4 Å². The molecule has 1 rings (SSSR count). The molecule has 4 nitrogen and oxygen atoms in total. The molecule has 4 heteroatoms. The number of carbonyl (C=O) groups is 1. The van der Waals surface area contributed by atoms with E-state index < -0.39 is 0 Å². The molecular weight excluding hydrogens is 228 g/mol. The summed E-state index contributed by atoms with van der Waals surface area (Å²) in [5, 5.41) is 0. The molecule has 0 saturated carbocycles. The molecule has 0 aliphatic carbocycles. The van der Waals surface area contributed by atoms with Crippen molar-refractivity contribution in [2.75, 3.05) is 25.6 Å². The minimum atomic E-state index is 0.0838. The summed E-state index contributed by atoms with van der Waals surface area (Å²) in [6, 6.07) is 7.47. The molecule has 1 aromatic carbocycles. The molecule has 0 aliphatic heterocycles. The fourth-order valence-electron chi connectivity index (χ4n) is 1.74. The summed E-state index contributed by atoms with van der Waals surface area (Å²) in [5.41, 5.74) is 6.46. The first-order valence-corrected chi connectivity index (χ1v) is 6.23. The zero-order chi connectivity index (χ0) is 13.5. The van der Waals surface area contributed by atoms with E-state index in [-0.39, 0.29) is 11.8 Å². The number of methoxy groups -OCH3 is 1. The number of hydrogen-bond donors (Lipinski definition) is 1. The summed E-state index contributed by atoms with van der Waals surface area (Å²) in [4.78, 5) is 13.8. The Kier molecular flexibility index (Phi) is 5.65. The summed E-state index contributed by atoms with van der Waals surface area (Å²) >= 11 is 0. The van der Waals surface area contributed by atoms with Crippen molar-refractivity contribution in [3.05, 3.63) is 24.3 Å². The maximum absolute atomic E-state index is 12.1. The van der Waals surface area contributed by atoms with Crippen LogP contribution in [0.1, 0.15) is 19.8 Å². The average molecular weight is 250 g/mol. The Morgan fingerprint density at radius 2 is 2.22 bits per heavy atom. The smallest absolute Gasteiger partial charge is 0.227 e. The van der Waals surface area contributed by atoms with Gasteiger partial charge in [0.1, 0.15) is 5.75 Å². The number of nitrogens with zero attached hydrogens (tertiary/aromatic N) is 1. The van der Waals surface area contributed by atoms with Crippen LogP contribution in [-0.4, -0.2) is 26.6 Å². The summed E-state index contributed by atoms with van der Waals surface area (Å²) in [7, 11) is 3.39. The Bertz CT molecular complexity index is 389. The van der Waals surface area contributed by atoms with Gasteiger partial charge >= 0.3 is 0 Å². The second-order valence-corrected chi connectivity index (χ2v) is 4.37. The number of ether oxygens (including phenoxy) is 1. The van der Waals surface area contributed by atoms with Gasteiger partial charge in [-0.05, 0) is 24.6 Å². The largest absolute Gasteiger partial charge is 0.497 e. The summed E-state index contributed by atoms with van der Waals surface area (Å²) in [6.45, 7) is 2.60. The number of amides is 1. The van der Waals surface area contributed by atoms with Crippen LogP contribution in [0.25, 0.3) is 0 Å². The molecule has 18 heavy (non-hydrogen) atoms. The van der Waals surface area contributed by atoms with Crippen molar-refractivity contribution in [1.29, 1.82) is 0 Å². The van der Waals surface area contributed by atoms with E-state index in [1.807, 2.05) is 24.3 Å². The lowest BCUT2D eigenvalue weighted by Crippen LogP contribution is -2.30. The summed E-state index contributed by atoms with van der Waals surface area (Å²) in [6.07, 6.45) is 1.41. The molecule has 0 aliphatic rings. The third-order valence-electron chi connectivity index (χ3n) is 3.19. The number of rotatable bonds is 6. The maximum Gasteiger partial charge on any atom is 0.227 e. The molecule has 0 saturated heterocycles. The zero-order valence-corrected chi connectivity index (χ0v) is 11.3. The van der Waals surface area contributed by atoms with Gasteiger partial charge in [0.15, 0.2) is 0 Å². The molecule has 0 bridgehead atoms. The van der Waals surface area contributed by atoms with Crippen LogP contribution >= 0.6 is 0 Å². The SMILES string of the molecule is CCC(CN)CC(=O)N(C)c1cccc(OC)c1. The number of anilines is 1. The first-order valence-electron chi connectivity index (χ1n) is 6.23. The van der Waals surface area contributed by atoms with Crippen LogP contribution in [0.15, 0.2) is 24.3 Å². The minimum absolute atomic E-state index is 0.0838. The fourth-order valence-corrected chi connectivity index (χ4v) is 1.74. The molecule has 0 heterocycles. The van der Waals surface area contributed by atoms with Gasteiger partial charge in [-0.15, -0.1) is 0 Å². The van der Waals surface area contributed by atoms with Crippen LogP contribution in [-0.2, 0) is 4.79 Å². The van der Waals surface area contributed by atoms with Crippen LogP contribution in [0.2, 0.25) is 0 Å². The first kappa shape index (κ1) is 14.5. The van der Waals surface area contributed by atoms with Gasteiger partial charge in [-0.2, -0.15) is 0 Å². The summed E-state index contributed by atoms with van der Waals surface area (Å²) in [5.74, 6) is 1.09. The fraction of sp³-hybridized carbons (Fsp3) is 0.500. The number of benzene rings is 1. The average Bonchev–Trinajstić information content (AvgIpc) is 2.43. The van der Waals surface area contributed by atoms with Crippen molar-refractivity contribution in [3.8, 4) is 5.75 Å². The Morgan fingerprint density at radius 3 is 2.78 bits per heavy atom. The van der Waals surface area contributed by atoms with Crippen LogP contribution < -0.4 is 15.4 Å². The molecule has 1 atom stereocenters. The highest BCUT2D eigenvalue weighted by molar-refractivity contribution is 5.93. The predicted molar refractivity (Wildman–Crippen MR) is 73.9 cm³/mol. The quantitative estimate of drug-likeness (QED) is 0.840. The van der Waals surface area contributed by atoms with E-state index in [0.717, 1.165) is 17.9 Å². The lowest BCUT2D eigenvalue weighted by molar-refractivity contribution is -0.119. The van der Waals surface area contributed by atoms with E-state index in [1.54, 1.807) is 19.1 Å². The van der Waals surface area contributed by atoms with E-state index in [0.29, 0.717) is 13.0 Å². The third-order valence-corrected chi connectivity index (χ3v) is 3.19. The van der Waals surface area contributed by atoms with Gasteiger partial charge in [0.25, 0.3) is 0 Å². The number of nitrogens with two attached hydrogens (primary N) is 1. The Labute approximate surface area is 109 Å². The highest BCUT2D eigenvalue weighted by Gasteiger charge is 2.16. The molecule has 0 aromatic heterocycles. The Hall–Kier alpha value is -1.55. The van der Waals surface area contributed by atoms with E-state index in [1.165, 1.54) is 0 Å². The van der Waals surface area contributed by atoms with Gasteiger partial charge in [-0.3, -0.25) is 4.79 Å². The molecular formula is C14H22N2O2. The standard InChI is InChI=1S/C14H22N2O2/c1-4-11(10-15)8-14(17)16(2)12-6-5-7-13(9-12)18-3/h5-7,9,11H,4,8,10,15H2,1-3H3. The van der Waals surface area contributed by atoms with Crippen molar-refractivity contribution in [2.24, 2.45) is 11.7 Å². The molecule has 100 valence electrons. The monoisotopic (exact) mass is 250 g/mol. The predicted octanol–water partition coefficient (Wildman–Crippen LogP) is 2.03. The van der Waals surface area contributed by atoms with E-state index in [2.05, 4.69) is 6.92 Å². The molecule has 1 aromatic rings. The molecule has 0 fully saturated rings. The van der Waals surface area contributed by atoms with Crippen molar-refractivity contribution in [1.82, 2.24) is 0 Å². The lowest BCUT2D eigenvalue weighted by atomic mass is 10.0. The number of carbonyl (C=O) groups excluding carboxylic acids is 1. The minimum Gasteiger partial charge on any atom is -0.497 e. The van der Waals surface area contributed by atoms with Crippen LogP contribution in [0, 0.1) is 5.92 Å². The van der Waals surface area contributed by atoms with Crippen molar-refractivity contribution in [3.63, 3.8) is 0 Å². The van der Waals surface area contributed by atoms with Gasteiger partial charge in [0.05, 0.1) is 7.11 Å². The van der Waals surface area contributed by atoms with E-state index >= 15 is 0 Å². The molecule has 0 spiro atoms. The van der Waals surface area contributed by atoms with Gasteiger partial charge in [0.2, 0.25) is 5.91 Å². The molecule has 1 amide bonds. The topological polar surface area (TPSA) is 55.6 Å². The maximum atomic E-state index is 12.1. The molecule has 0 radical (unpaired) electrons. The first-order chi connectivity index (χ1) is 8.62. The lowest BCUT2D eigenvalue weighted by Gasteiger charge is -2.20.